The Morgan fingerprint density at radius 3 is 2.08 bits per heavy atom. The summed E-state index contributed by atoms with van der Waals surface area (Å²) in [6, 6.07) is 10.2. The lowest BCUT2D eigenvalue weighted by molar-refractivity contribution is 0.410. The summed E-state index contributed by atoms with van der Waals surface area (Å²) < 4.78 is 38.6. The van der Waals surface area contributed by atoms with Crippen LogP contribution in [0.4, 0.5) is 0 Å². The van der Waals surface area contributed by atoms with Gasteiger partial charge in [0.2, 0.25) is 10.0 Å². The van der Waals surface area contributed by atoms with E-state index in [-0.39, 0.29) is 10.9 Å². The highest BCUT2D eigenvalue weighted by Crippen LogP contribution is 2.28. The predicted octanol–water partition coefficient (Wildman–Crippen LogP) is 3.36. The molecule has 0 aliphatic heterocycles. The van der Waals surface area contributed by atoms with Crippen molar-refractivity contribution in [3.63, 3.8) is 0 Å². The lowest BCUT2D eigenvalue weighted by Crippen LogP contribution is -2.27. The number of hydrogen-bond acceptors (Lipinski definition) is 4. The minimum absolute atomic E-state index is 0.265. The highest BCUT2D eigenvalue weighted by atomic mass is 32.2. The van der Waals surface area contributed by atoms with Gasteiger partial charge in [-0.2, -0.15) is 0 Å². The molecule has 6 heteroatoms. The lowest BCUT2D eigenvalue weighted by Gasteiger charge is -2.18. The minimum atomic E-state index is -3.64. The zero-order valence-corrected chi connectivity index (χ0v) is 15.4. The van der Waals surface area contributed by atoms with E-state index >= 15 is 0 Å². The summed E-state index contributed by atoms with van der Waals surface area (Å²) in [5.41, 5.74) is 2.36. The van der Waals surface area contributed by atoms with Crippen LogP contribution in [0.15, 0.2) is 41.3 Å². The Hall–Kier alpha value is -2.05. The Kier molecular flexibility index (Phi) is 5.51. The zero-order chi connectivity index (χ0) is 17.9. The molecule has 0 unspecified atom stereocenters. The van der Waals surface area contributed by atoms with E-state index in [9.17, 15) is 8.42 Å². The molecule has 0 heterocycles. The molecule has 0 saturated carbocycles. The molecule has 0 fully saturated rings. The molecule has 130 valence electrons. The van der Waals surface area contributed by atoms with Crippen LogP contribution in [0.2, 0.25) is 0 Å². The van der Waals surface area contributed by atoms with E-state index in [0.717, 1.165) is 16.9 Å². The molecular formula is C18H23NO4S. The first-order valence-electron chi connectivity index (χ1n) is 7.60. The second-order valence-electron chi connectivity index (χ2n) is 5.63. The molecule has 1 atom stereocenters. The summed E-state index contributed by atoms with van der Waals surface area (Å²) in [4.78, 5) is 0.265. The third-order valence-electron chi connectivity index (χ3n) is 4.14. The predicted molar refractivity (Wildman–Crippen MR) is 94.2 cm³/mol. The molecular weight excluding hydrogens is 326 g/mol. The molecule has 0 bridgehead atoms. The molecule has 5 nitrogen and oxygen atoms in total. The van der Waals surface area contributed by atoms with Gasteiger partial charge >= 0.3 is 0 Å². The minimum Gasteiger partial charge on any atom is -0.497 e. The lowest BCUT2D eigenvalue weighted by atomic mass is 10.1. The van der Waals surface area contributed by atoms with E-state index < -0.39 is 10.0 Å². The molecule has 2 rings (SSSR count). The van der Waals surface area contributed by atoms with E-state index in [1.54, 1.807) is 33.3 Å². The maximum atomic E-state index is 12.7. The van der Waals surface area contributed by atoms with E-state index in [4.69, 9.17) is 9.47 Å². The molecule has 0 aliphatic rings. The Balaban J connectivity index is 2.29. The van der Waals surface area contributed by atoms with Crippen molar-refractivity contribution in [1.82, 2.24) is 4.72 Å². The number of ether oxygens (including phenoxy) is 2. The van der Waals surface area contributed by atoms with Crippen molar-refractivity contribution in [3.8, 4) is 11.5 Å². The van der Waals surface area contributed by atoms with E-state index in [1.807, 2.05) is 38.1 Å². The van der Waals surface area contributed by atoms with Gasteiger partial charge in [-0.25, -0.2) is 13.1 Å². The van der Waals surface area contributed by atoms with Gasteiger partial charge in [-0.1, -0.05) is 12.1 Å². The molecule has 0 aromatic heterocycles. The van der Waals surface area contributed by atoms with Crippen molar-refractivity contribution < 1.29 is 17.9 Å². The van der Waals surface area contributed by atoms with Crippen molar-refractivity contribution in [1.29, 1.82) is 0 Å². The van der Waals surface area contributed by atoms with Gasteiger partial charge in [-0.05, 0) is 61.7 Å². The van der Waals surface area contributed by atoms with E-state index in [0.29, 0.717) is 11.3 Å². The fraction of sp³-hybridized carbons (Fsp3) is 0.333. The van der Waals surface area contributed by atoms with Gasteiger partial charge < -0.3 is 9.47 Å². The Labute approximate surface area is 143 Å². The number of sulfonamides is 1. The average Bonchev–Trinajstić information content (AvgIpc) is 2.56. The topological polar surface area (TPSA) is 64.6 Å². The first-order chi connectivity index (χ1) is 11.3. The standard InChI is InChI=1S/C18H23NO4S/c1-12-13(2)18(11-10-17(12)23-5)24(20,21)19-14(3)15-6-8-16(22-4)9-7-15/h6-11,14,19H,1-5H3/t14-/m0/s1. The molecule has 0 radical (unpaired) electrons. The molecule has 2 aromatic carbocycles. The van der Waals surface area contributed by atoms with E-state index in [2.05, 4.69) is 4.72 Å². The summed E-state index contributed by atoms with van der Waals surface area (Å²) in [7, 11) is -0.476. The van der Waals surface area contributed by atoms with Crippen LogP contribution in [0.5, 0.6) is 11.5 Å². The van der Waals surface area contributed by atoms with Gasteiger partial charge in [-0.3, -0.25) is 0 Å². The number of methoxy groups -OCH3 is 2. The van der Waals surface area contributed by atoms with Crippen molar-refractivity contribution in [2.75, 3.05) is 14.2 Å². The van der Waals surface area contributed by atoms with Crippen molar-refractivity contribution in [2.45, 2.75) is 31.7 Å². The van der Waals surface area contributed by atoms with Gasteiger partial charge in [0.1, 0.15) is 11.5 Å². The van der Waals surface area contributed by atoms with Crippen LogP contribution >= 0.6 is 0 Å². The van der Waals surface area contributed by atoms with Gasteiger partial charge in [0.05, 0.1) is 19.1 Å². The molecule has 1 N–H and O–H groups in total. The van der Waals surface area contributed by atoms with Crippen molar-refractivity contribution >= 4 is 10.0 Å². The highest BCUT2D eigenvalue weighted by Gasteiger charge is 2.22. The number of benzene rings is 2. The Morgan fingerprint density at radius 2 is 1.54 bits per heavy atom. The summed E-state index contributed by atoms with van der Waals surface area (Å²) in [6.45, 7) is 5.44. The fourth-order valence-corrected chi connectivity index (χ4v) is 4.07. The molecule has 2 aromatic rings. The molecule has 0 saturated heterocycles. The quantitative estimate of drug-likeness (QED) is 0.868. The Morgan fingerprint density at radius 1 is 0.917 bits per heavy atom. The van der Waals surface area contributed by atoms with Crippen molar-refractivity contribution in [3.05, 3.63) is 53.1 Å². The smallest absolute Gasteiger partial charge is 0.241 e. The first kappa shape index (κ1) is 18.3. The van der Waals surface area contributed by atoms with Crippen LogP contribution in [0, 0.1) is 13.8 Å². The summed E-state index contributed by atoms with van der Waals surface area (Å²) >= 11 is 0. The zero-order valence-electron chi connectivity index (χ0n) is 14.6. The number of rotatable bonds is 6. The first-order valence-corrected chi connectivity index (χ1v) is 9.09. The average molecular weight is 349 g/mol. The number of hydrogen-bond donors (Lipinski definition) is 1. The second-order valence-corrected chi connectivity index (χ2v) is 7.31. The fourth-order valence-electron chi connectivity index (χ4n) is 2.54. The molecule has 0 aliphatic carbocycles. The van der Waals surface area contributed by atoms with Crippen LogP contribution in [0.25, 0.3) is 0 Å². The molecule has 0 amide bonds. The Bertz CT molecular complexity index is 814. The van der Waals surface area contributed by atoms with Crippen LogP contribution < -0.4 is 14.2 Å². The number of nitrogens with one attached hydrogen (secondary N) is 1. The normalized spacial score (nSPS) is 12.7. The monoisotopic (exact) mass is 349 g/mol. The summed E-state index contributed by atoms with van der Waals surface area (Å²) in [6.07, 6.45) is 0. The SMILES string of the molecule is COc1ccc([C@H](C)NS(=O)(=O)c2ccc(OC)c(C)c2C)cc1. The van der Waals surface area contributed by atoms with E-state index in [1.165, 1.54) is 0 Å². The van der Waals surface area contributed by atoms with Gasteiger partial charge in [0.15, 0.2) is 0 Å². The maximum absolute atomic E-state index is 12.7. The highest BCUT2D eigenvalue weighted by molar-refractivity contribution is 7.89. The van der Waals surface area contributed by atoms with Gasteiger partial charge in [0.25, 0.3) is 0 Å². The van der Waals surface area contributed by atoms with Crippen LogP contribution in [0.1, 0.15) is 29.7 Å². The van der Waals surface area contributed by atoms with Gasteiger partial charge in [0, 0.05) is 6.04 Å². The van der Waals surface area contributed by atoms with Crippen molar-refractivity contribution in [2.24, 2.45) is 0 Å². The van der Waals surface area contributed by atoms with Gasteiger partial charge in [-0.15, -0.1) is 0 Å². The van der Waals surface area contributed by atoms with Crippen LogP contribution in [0.3, 0.4) is 0 Å². The molecule has 24 heavy (non-hydrogen) atoms. The maximum Gasteiger partial charge on any atom is 0.241 e. The third kappa shape index (κ3) is 3.71. The summed E-state index contributed by atoms with van der Waals surface area (Å²) in [5, 5.41) is 0. The largest absolute Gasteiger partial charge is 0.497 e. The van der Waals surface area contributed by atoms with Crippen LogP contribution in [-0.4, -0.2) is 22.6 Å². The molecule has 0 spiro atoms. The second kappa shape index (κ2) is 7.23. The summed E-state index contributed by atoms with van der Waals surface area (Å²) in [5.74, 6) is 1.41. The van der Waals surface area contributed by atoms with Crippen LogP contribution in [-0.2, 0) is 10.0 Å². The third-order valence-corrected chi connectivity index (χ3v) is 5.83.